The molecular formula is C13H20FNO. The maximum atomic E-state index is 13.3. The van der Waals surface area contributed by atoms with Crippen LogP contribution in [0.25, 0.3) is 0 Å². The molecular weight excluding hydrogens is 205 g/mol. The van der Waals surface area contributed by atoms with Gasteiger partial charge in [-0.15, -0.1) is 0 Å². The standard InChI is InChI=1S/C13H20FNO/c1-10(2)13(8-15-3)16-9-11-6-4-5-7-12(11)14/h4-7,10,13,15H,8-9H2,1-3H3. The molecule has 1 unspecified atom stereocenters. The highest BCUT2D eigenvalue weighted by atomic mass is 19.1. The molecule has 1 aromatic carbocycles. The van der Waals surface area contributed by atoms with Gasteiger partial charge in [0.1, 0.15) is 5.82 Å². The topological polar surface area (TPSA) is 21.3 Å². The molecule has 0 fully saturated rings. The maximum absolute atomic E-state index is 13.3. The van der Waals surface area contributed by atoms with Crippen LogP contribution in [0.3, 0.4) is 0 Å². The first-order chi connectivity index (χ1) is 7.65. The number of halogens is 1. The molecule has 2 nitrogen and oxygen atoms in total. The molecule has 0 spiro atoms. The monoisotopic (exact) mass is 225 g/mol. The van der Waals surface area contributed by atoms with E-state index in [2.05, 4.69) is 19.2 Å². The van der Waals surface area contributed by atoms with E-state index >= 15 is 0 Å². The van der Waals surface area contributed by atoms with Crippen molar-refractivity contribution in [2.24, 2.45) is 5.92 Å². The van der Waals surface area contributed by atoms with Crippen molar-refractivity contribution in [3.63, 3.8) is 0 Å². The van der Waals surface area contributed by atoms with Gasteiger partial charge in [0.25, 0.3) is 0 Å². The average Bonchev–Trinajstić information content (AvgIpc) is 2.26. The molecule has 90 valence electrons. The van der Waals surface area contributed by atoms with Gasteiger partial charge in [-0.3, -0.25) is 0 Å². The van der Waals surface area contributed by atoms with Crippen LogP contribution in [0, 0.1) is 11.7 Å². The van der Waals surface area contributed by atoms with Crippen LogP contribution >= 0.6 is 0 Å². The summed E-state index contributed by atoms with van der Waals surface area (Å²) in [5.41, 5.74) is 0.615. The van der Waals surface area contributed by atoms with Gasteiger partial charge in [0.05, 0.1) is 12.7 Å². The lowest BCUT2D eigenvalue weighted by Gasteiger charge is -2.21. The molecule has 0 aromatic heterocycles. The van der Waals surface area contributed by atoms with Crippen LogP contribution in [-0.2, 0) is 11.3 Å². The van der Waals surface area contributed by atoms with Crippen LogP contribution in [0.2, 0.25) is 0 Å². The first-order valence-corrected chi connectivity index (χ1v) is 5.64. The molecule has 0 heterocycles. The van der Waals surface area contributed by atoms with Gasteiger partial charge in [-0.1, -0.05) is 32.0 Å². The molecule has 0 aliphatic heterocycles. The summed E-state index contributed by atoms with van der Waals surface area (Å²) in [6.07, 6.45) is 0.115. The number of hydrogen-bond donors (Lipinski definition) is 1. The fraction of sp³-hybridized carbons (Fsp3) is 0.538. The smallest absolute Gasteiger partial charge is 0.128 e. The molecule has 0 bridgehead atoms. The van der Waals surface area contributed by atoms with Crippen LogP contribution in [0.1, 0.15) is 19.4 Å². The number of benzene rings is 1. The number of nitrogens with one attached hydrogen (secondary N) is 1. The quantitative estimate of drug-likeness (QED) is 0.803. The Morgan fingerprint density at radius 2 is 2.00 bits per heavy atom. The van der Waals surface area contributed by atoms with E-state index in [0.717, 1.165) is 6.54 Å². The fourth-order valence-corrected chi connectivity index (χ4v) is 1.50. The van der Waals surface area contributed by atoms with Crippen LogP contribution in [0.4, 0.5) is 4.39 Å². The minimum absolute atomic E-state index is 0.115. The van der Waals surface area contributed by atoms with E-state index in [1.165, 1.54) is 6.07 Å². The van der Waals surface area contributed by atoms with Crippen molar-refractivity contribution in [3.8, 4) is 0 Å². The minimum Gasteiger partial charge on any atom is -0.372 e. The van der Waals surface area contributed by atoms with Crippen LogP contribution < -0.4 is 5.32 Å². The molecule has 0 amide bonds. The zero-order valence-electron chi connectivity index (χ0n) is 10.2. The Labute approximate surface area is 96.8 Å². The second-order valence-corrected chi connectivity index (χ2v) is 4.24. The van der Waals surface area contributed by atoms with Gasteiger partial charge in [0.15, 0.2) is 0 Å². The lowest BCUT2D eigenvalue weighted by Crippen LogP contribution is -2.31. The number of hydrogen-bond acceptors (Lipinski definition) is 2. The summed E-state index contributed by atoms with van der Waals surface area (Å²) >= 11 is 0. The first kappa shape index (κ1) is 13.1. The Morgan fingerprint density at radius 3 is 2.56 bits per heavy atom. The van der Waals surface area contributed by atoms with Crippen molar-refractivity contribution < 1.29 is 9.13 Å². The molecule has 0 saturated heterocycles. The molecule has 0 aliphatic rings. The summed E-state index contributed by atoms with van der Waals surface area (Å²) in [5, 5.41) is 3.08. The van der Waals surface area contributed by atoms with Crippen molar-refractivity contribution >= 4 is 0 Å². The molecule has 1 rings (SSSR count). The van der Waals surface area contributed by atoms with Crippen molar-refractivity contribution in [1.82, 2.24) is 5.32 Å². The van der Waals surface area contributed by atoms with E-state index in [0.29, 0.717) is 18.1 Å². The third kappa shape index (κ3) is 3.91. The predicted octanol–water partition coefficient (Wildman–Crippen LogP) is 2.59. The van der Waals surface area contributed by atoms with E-state index in [9.17, 15) is 4.39 Å². The summed E-state index contributed by atoms with van der Waals surface area (Å²) in [7, 11) is 1.89. The van der Waals surface area contributed by atoms with Gasteiger partial charge < -0.3 is 10.1 Å². The summed E-state index contributed by atoms with van der Waals surface area (Å²) in [5.74, 6) is 0.216. The van der Waals surface area contributed by atoms with Crippen molar-refractivity contribution in [2.45, 2.75) is 26.6 Å². The fourth-order valence-electron chi connectivity index (χ4n) is 1.50. The second-order valence-electron chi connectivity index (χ2n) is 4.24. The third-order valence-corrected chi connectivity index (χ3v) is 2.56. The molecule has 1 N–H and O–H groups in total. The van der Waals surface area contributed by atoms with Crippen LogP contribution in [0.15, 0.2) is 24.3 Å². The Balaban J connectivity index is 2.52. The Kier molecular flexibility index (Phi) is 5.43. The van der Waals surface area contributed by atoms with Crippen LogP contribution in [-0.4, -0.2) is 19.7 Å². The largest absolute Gasteiger partial charge is 0.372 e. The van der Waals surface area contributed by atoms with Gasteiger partial charge in [0, 0.05) is 12.1 Å². The number of likely N-dealkylation sites (N-methyl/N-ethyl adjacent to an activating group) is 1. The molecule has 16 heavy (non-hydrogen) atoms. The van der Waals surface area contributed by atoms with E-state index < -0.39 is 0 Å². The van der Waals surface area contributed by atoms with Gasteiger partial charge in [-0.2, -0.15) is 0 Å². The highest BCUT2D eigenvalue weighted by Gasteiger charge is 2.13. The Hall–Kier alpha value is -0.930. The van der Waals surface area contributed by atoms with Gasteiger partial charge >= 0.3 is 0 Å². The highest BCUT2D eigenvalue weighted by molar-refractivity contribution is 5.16. The zero-order chi connectivity index (χ0) is 12.0. The van der Waals surface area contributed by atoms with E-state index in [4.69, 9.17) is 4.74 Å². The summed E-state index contributed by atoms with van der Waals surface area (Å²) in [6.45, 7) is 5.32. The van der Waals surface area contributed by atoms with Crippen molar-refractivity contribution in [2.75, 3.05) is 13.6 Å². The Morgan fingerprint density at radius 1 is 1.31 bits per heavy atom. The van der Waals surface area contributed by atoms with Crippen molar-refractivity contribution in [1.29, 1.82) is 0 Å². The predicted molar refractivity (Wildman–Crippen MR) is 63.7 cm³/mol. The molecule has 0 saturated carbocycles. The normalized spacial score (nSPS) is 13.1. The van der Waals surface area contributed by atoms with Gasteiger partial charge in [0.2, 0.25) is 0 Å². The van der Waals surface area contributed by atoms with Gasteiger partial charge in [-0.25, -0.2) is 4.39 Å². The maximum Gasteiger partial charge on any atom is 0.128 e. The Bertz CT molecular complexity index is 315. The van der Waals surface area contributed by atoms with E-state index in [1.807, 2.05) is 13.1 Å². The number of ether oxygens (including phenoxy) is 1. The summed E-state index contributed by atoms with van der Waals surface area (Å²) < 4.78 is 19.0. The minimum atomic E-state index is -0.200. The first-order valence-electron chi connectivity index (χ1n) is 5.64. The SMILES string of the molecule is CNCC(OCc1ccccc1F)C(C)C. The van der Waals surface area contributed by atoms with E-state index in [-0.39, 0.29) is 11.9 Å². The lowest BCUT2D eigenvalue weighted by atomic mass is 10.1. The molecule has 1 aromatic rings. The zero-order valence-corrected chi connectivity index (χ0v) is 10.2. The molecule has 3 heteroatoms. The molecule has 0 aliphatic carbocycles. The van der Waals surface area contributed by atoms with E-state index in [1.54, 1.807) is 12.1 Å². The third-order valence-electron chi connectivity index (χ3n) is 2.56. The second kappa shape index (κ2) is 6.61. The summed E-state index contributed by atoms with van der Waals surface area (Å²) in [6, 6.07) is 6.73. The van der Waals surface area contributed by atoms with Gasteiger partial charge in [-0.05, 0) is 19.0 Å². The summed E-state index contributed by atoms with van der Waals surface area (Å²) in [4.78, 5) is 0. The molecule has 0 radical (unpaired) electrons. The molecule has 1 atom stereocenters. The highest BCUT2D eigenvalue weighted by Crippen LogP contribution is 2.12. The van der Waals surface area contributed by atoms with Crippen molar-refractivity contribution in [3.05, 3.63) is 35.6 Å². The average molecular weight is 225 g/mol. The number of rotatable bonds is 6. The van der Waals surface area contributed by atoms with Crippen LogP contribution in [0.5, 0.6) is 0 Å². The lowest BCUT2D eigenvalue weighted by molar-refractivity contribution is 0.0112.